The third-order valence-corrected chi connectivity index (χ3v) is 4.34. The number of carboxylic acids is 1. The summed E-state index contributed by atoms with van der Waals surface area (Å²) in [6.45, 7) is 2.12. The summed E-state index contributed by atoms with van der Waals surface area (Å²) in [6, 6.07) is 0.347. The fraction of sp³-hybridized carbons (Fsp3) is 0.700. The van der Waals surface area contributed by atoms with Gasteiger partial charge in [0.1, 0.15) is 0 Å². The van der Waals surface area contributed by atoms with Gasteiger partial charge >= 0.3 is 5.97 Å². The Bertz CT molecular complexity index is 411. The van der Waals surface area contributed by atoms with E-state index in [4.69, 9.17) is 5.11 Å². The van der Waals surface area contributed by atoms with Gasteiger partial charge in [-0.25, -0.2) is 0 Å². The number of aromatic nitrogens is 3. The van der Waals surface area contributed by atoms with Crippen LogP contribution in [0.4, 0.5) is 5.95 Å². The van der Waals surface area contributed by atoms with Crippen molar-refractivity contribution in [1.82, 2.24) is 14.8 Å². The molecule has 6 nitrogen and oxygen atoms in total. The van der Waals surface area contributed by atoms with Crippen molar-refractivity contribution in [3.05, 3.63) is 0 Å². The van der Waals surface area contributed by atoms with Crippen LogP contribution in [-0.2, 0) is 11.8 Å². The molecule has 0 aliphatic heterocycles. The van der Waals surface area contributed by atoms with Gasteiger partial charge in [0.15, 0.2) is 5.16 Å². The van der Waals surface area contributed by atoms with Crippen molar-refractivity contribution in [1.29, 1.82) is 0 Å². The Labute approximate surface area is 115 Å². The number of carboxylic acid groups (broad SMARTS) is 1. The van der Waals surface area contributed by atoms with Crippen molar-refractivity contribution in [3.63, 3.8) is 0 Å². The molecule has 8 heteroatoms. The summed E-state index contributed by atoms with van der Waals surface area (Å²) >= 11 is 2.95. The quantitative estimate of drug-likeness (QED) is 0.756. The molecule has 0 fully saturated rings. The fourth-order valence-corrected chi connectivity index (χ4v) is 2.75. The maximum absolute atomic E-state index is 10.5. The molecular weight excluding hydrogens is 272 g/mol. The van der Waals surface area contributed by atoms with Crippen molar-refractivity contribution in [2.24, 2.45) is 7.05 Å². The molecule has 1 aromatic heterocycles. The zero-order valence-corrected chi connectivity index (χ0v) is 12.6. The standard InChI is InChI=1S/C10H18N4O2S2/c1-7(5-17-4)13(2)9-11-12-10(14(9)3)18-6-8(15)16/h7H,5-6H2,1-4H3,(H,15,16). The lowest BCUT2D eigenvalue weighted by Crippen LogP contribution is -2.32. The highest BCUT2D eigenvalue weighted by atomic mass is 32.2. The minimum Gasteiger partial charge on any atom is -0.481 e. The van der Waals surface area contributed by atoms with E-state index in [1.54, 1.807) is 11.8 Å². The van der Waals surface area contributed by atoms with E-state index in [1.807, 2.05) is 23.6 Å². The Balaban J connectivity index is 2.75. The molecule has 0 saturated carbocycles. The van der Waals surface area contributed by atoms with E-state index in [2.05, 4.69) is 23.4 Å². The lowest BCUT2D eigenvalue weighted by atomic mass is 10.3. The zero-order chi connectivity index (χ0) is 13.7. The second-order valence-corrected chi connectivity index (χ2v) is 5.79. The van der Waals surface area contributed by atoms with Crippen LogP contribution in [0.2, 0.25) is 0 Å². The van der Waals surface area contributed by atoms with Crippen LogP contribution in [0.5, 0.6) is 0 Å². The van der Waals surface area contributed by atoms with E-state index in [9.17, 15) is 4.79 Å². The minimum absolute atomic E-state index is 0.00392. The molecule has 0 aliphatic carbocycles. The Morgan fingerprint density at radius 1 is 1.56 bits per heavy atom. The molecule has 18 heavy (non-hydrogen) atoms. The van der Waals surface area contributed by atoms with Crippen LogP contribution in [0.1, 0.15) is 6.92 Å². The number of carbonyl (C=O) groups is 1. The number of anilines is 1. The van der Waals surface area contributed by atoms with E-state index in [1.165, 1.54) is 11.8 Å². The SMILES string of the molecule is CSCC(C)N(C)c1nnc(SCC(=O)O)n1C. The topological polar surface area (TPSA) is 71.2 Å². The molecule has 1 atom stereocenters. The first-order valence-electron chi connectivity index (χ1n) is 5.43. The molecule has 1 rings (SSSR count). The van der Waals surface area contributed by atoms with E-state index >= 15 is 0 Å². The van der Waals surface area contributed by atoms with Gasteiger partial charge in [0, 0.05) is 25.9 Å². The first-order chi connectivity index (χ1) is 8.47. The van der Waals surface area contributed by atoms with Crippen molar-refractivity contribution in [3.8, 4) is 0 Å². The first-order valence-corrected chi connectivity index (χ1v) is 7.81. The predicted molar refractivity (Wildman–Crippen MR) is 75.6 cm³/mol. The smallest absolute Gasteiger partial charge is 0.313 e. The molecule has 0 bridgehead atoms. The first kappa shape index (κ1) is 15.2. The maximum atomic E-state index is 10.5. The predicted octanol–water partition coefficient (Wildman–Crippen LogP) is 1.18. The summed E-state index contributed by atoms with van der Waals surface area (Å²) in [5, 5.41) is 17.4. The summed E-state index contributed by atoms with van der Waals surface area (Å²) in [5.74, 6) is 0.898. The monoisotopic (exact) mass is 290 g/mol. The van der Waals surface area contributed by atoms with Crippen LogP contribution < -0.4 is 4.90 Å². The summed E-state index contributed by atoms with van der Waals surface area (Å²) in [6.07, 6.45) is 2.06. The van der Waals surface area contributed by atoms with Crippen LogP contribution in [0.3, 0.4) is 0 Å². The van der Waals surface area contributed by atoms with Gasteiger partial charge in [0.05, 0.1) is 5.75 Å². The molecule has 1 heterocycles. The lowest BCUT2D eigenvalue weighted by molar-refractivity contribution is -0.133. The van der Waals surface area contributed by atoms with Crippen molar-refractivity contribution in [2.75, 3.05) is 29.7 Å². The van der Waals surface area contributed by atoms with Gasteiger partial charge in [0.25, 0.3) is 0 Å². The average molecular weight is 290 g/mol. The van der Waals surface area contributed by atoms with Crippen LogP contribution >= 0.6 is 23.5 Å². The number of hydrogen-bond acceptors (Lipinski definition) is 6. The van der Waals surface area contributed by atoms with Crippen LogP contribution in [0.15, 0.2) is 5.16 Å². The Hall–Kier alpha value is -0.890. The highest BCUT2D eigenvalue weighted by molar-refractivity contribution is 7.99. The van der Waals surface area contributed by atoms with Crippen LogP contribution in [0.25, 0.3) is 0 Å². The fourth-order valence-electron chi connectivity index (χ4n) is 1.42. The molecule has 1 N–H and O–H groups in total. The normalized spacial score (nSPS) is 12.4. The second-order valence-electron chi connectivity index (χ2n) is 3.94. The molecular formula is C10H18N4O2S2. The number of aliphatic carboxylic acids is 1. The van der Waals surface area contributed by atoms with E-state index in [-0.39, 0.29) is 5.75 Å². The molecule has 0 spiro atoms. The molecule has 0 radical (unpaired) electrons. The lowest BCUT2D eigenvalue weighted by Gasteiger charge is -2.24. The number of nitrogens with zero attached hydrogens (tertiary/aromatic N) is 4. The number of rotatable bonds is 7. The minimum atomic E-state index is -0.853. The van der Waals surface area contributed by atoms with Gasteiger partial charge in [0.2, 0.25) is 5.95 Å². The largest absolute Gasteiger partial charge is 0.481 e. The molecule has 102 valence electrons. The van der Waals surface area contributed by atoms with Gasteiger partial charge in [-0.3, -0.25) is 9.36 Å². The van der Waals surface area contributed by atoms with Gasteiger partial charge in [-0.05, 0) is 13.2 Å². The Morgan fingerprint density at radius 2 is 2.22 bits per heavy atom. The van der Waals surface area contributed by atoms with Crippen molar-refractivity contribution in [2.45, 2.75) is 18.1 Å². The average Bonchev–Trinajstić information content (AvgIpc) is 2.67. The highest BCUT2D eigenvalue weighted by Crippen LogP contribution is 2.21. The van der Waals surface area contributed by atoms with Gasteiger partial charge in [-0.2, -0.15) is 11.8 Å². The van der Waals surface area contributed by atoms with E-state index in [0.717, 1.165) is 11.7 Å². The molecule has 0 saturated heterocycles. The maximum Gasteiger partial charge on any atom is 0.313 e. The number of thioether (sulfide) groups is 2. The molecule has 0 aliphatic rings. The van der Waals surface area contributed by atoms with Crippen LogP contribution in [-0.4, -0.2) is 56.7 Å². The summed E-state index contributed by atoms with van der Waals surface area (Å²) in [7, 11) is 3.82. The van der Waals surface area contributed by atoms with Crippen molar-refractivity contribution < 1.29 is 9.90 Å². The van der Waals surface area contributed by atoms with E-state index in [0.29, 0.717) is 11.2 Å². The highest BCUT2D eigenvalue weighted by Gasteiger charge is 2.17. The molecule has 0 amide bonds. The zero-order valence-electron chi connectivity index (χ0n) is 11.0. The third kappa shape index (κ3) is 3.81. The van der Waals surface area contributed by atoms with Crippen molar-refractivity contribution >= 4 is 35.4 Å². The summed E-state index contributed by atoms with van der Waals surface area (Å²) in [4.78, 5) is 12.6. The Kier molecular flexibility index (Phi) is 5.80. The van der Waals surface area contributed by atoms with Gasteiger partial charge in [-0.15, -0.1) is 10.2 Å². The summed E-state index contributed by atoms with van der Waals surface area (Å²) in [5.41, 5.74) is 0. The summed E-state index contributed by atoms with van der Waals surface area (Å²) < 4.78 is 1.82. The van der Waals surface area contributed by atoms with Gasteiger partial charge in [-0.1, -0.05) is 11.8 Å². The molecule has 1 unspecified atom stereocenters. The third-order valence-electron chi connectivity index (χ3n) is 2.52. The molecule has 1 aromatic rings. The number of hydrogen-bond donors (Lipinski definition) is 1. The van der Waals surface area contributed by atoms with Crippen LogP contribution in [0, 0.1) is 0 Å². The van der Waals surface area contributed by atoms with E-state index < -0.39 is 5.97 Å². The Morgan fingerprint density at radius 3 is 2.78 bits per heavy atom. The second kappa shape index (κ2) is 6.89. The molecule has 0 aromatic carbocycles. The van der Waals surface area contributed by atoms with Gasteiger partial charge < -0.3 is 10.0 Å².